The fraction of sp³-hybridized carbons (Fsp3) is 0. The minimum absolute atomic E-state index is 0.554. The van der Waals surface area contributed by atoms with Crippen molar-refractivity contribution in [1.29, 1.82) is 0 Å². The molecule has 68 heavy (non-hydrogen) atoms. The number of hydrogen-bond donors (Lipinski definition) is 0. The van der Waals surface area contributed by atoms with Crippen LogP contribution >= 0.6 is 0 Å². The zero-order valence-corrected chi connectivity index (χ0v) is 36.9. The summed E-state index contributed by atoms with van der Waals surface area (Å²) in [6.45, 7) is 0. The number of aromatic nitrogens is 5. The van der Waals surface area contributed by atoms with Gasteiger partial charge in [-0.05, 0) is 75.8 Å². The number of hydrogen-bond acceptors (Lipinski definition) is 3. The topological polar surface area (TPSA) is 48.5 Å². The standard InChI is InChI=1S/C63H41N5/c1-5-19-42(20-6-1)48-37-38-59(67-56-30-16-13-27-50(56)51-28-14-17-31-57(51)67)53(39-48)45-33-35-47(36-34-45)62-64-61(46-25-11-4-12-26-46)65-63(66-62)68-58-32-18-15-29-52(58)55-41-49(43-21-7-2-8-22-43)40-54(60(55)68)44-23-9-3-10-24-44/h1-41H. The second-order valence-corrected chi connectivity index (χ2v) is 17.2. The first-order chi connectivity index (χ1) is 33.7. The Morgan fingerprint density at radius 1 is 0.250 bits per heavy atom. The number of para-hydroxylation sites is 3. The van der Waals surface area contributed by atoms with Crippen molar-refractivity contribution in [3.05, 3.63) is 249 Å². The number of fused-ring (bicyclic) bond motifs is 6. The third-order valence-corrected chi connectivity index (χ3v) is 13.2. The van der Waals surface area contributed by atoms with E-state index in [1.165, 1.54) is 27.4 Å². The Morgan fingerprint density at radius 2 is 0.647 bits per heavy atom. The van der Waals surface area contributed by atoms with Crippen molar-refractivity contribution in [3.63, 3.8) is 0 Å². The second-order valence-electron chi connectivity index (χ2n) is 17.2. The van der Waals surface area contributed by atoms with Crippen LogP contribution in [0.15, 0.2) is 249 Å². The van der Waals surface area contributed by atoms with Crippen LogP contribution in [0.1, 0.15) is 0 Å². The molecule has 3 aromatic heterocycles. The minimum atomic E-state index is 0.554. The molecule has 5 heteroatoms. The third kappa shape index (κ3) is 6.68. The Bertz CT molecular complexity index is 3930. The first-order valence-electron chi connectivity index (χ1n) is 23.0. The predicted molar refractivity (Wildman–Crippen MR) is 281 cm³/mol. The van der Waals surface area contributed by atoms with E-state index >= 15 is 0 Å². The van der Waals surface area contributed by atoms with Crippen molar-refractivity contribution in [3.8, 4) is 78.9 Å². The van der Waals surface area contributed by atoms with Gasteiger partial charge in [-0.15, -0.1) is 0 Å². The van der Waals surface area contributed by atoms with Crippen molar-refractivity contribution in [1.82, 2.24) is 24.1 Å². The van der Waals surface area contributed by atoms with E-state index in [0.29, 0.717) is 17.6 Å². The van der Waals surface area contributed by atoms with Crippen LogP contribution in [0.3, 0.4) is 0 Å². The van der Waals surface area contributed by atoms with Gasteiger partial charge in [0.15, 0.2) is 11.6 Å². The van der Waals surface area contributed by atoms with E-state index in [1.807, 2.05) is 18.2 Å². The van der Waals surface area contributed by atoms with Gasteiger partial charge in [-0.1, -0.05) is 206 Å². The molecule has 0 saturated heterocycles. The lowest BCUT2D eigenvalue weighted by Gasteiger charge is -2.17. The predicted octanol–water partition coefficient (Wildman–Crippen LogP) is 16.1. The van der Waals surface area contributed by atoms with Crippen LogP contribution in [-0.4, -0.2) is 24.1 Å². The quantitative estimate of drug-likeness (QED) is 0.153. The molecule has 0 atom stereocenters. The molecular weight excluding hydrogens is 827 g/mol. The van der Waals surface area contributed by atoms with Crippen molar-refractivity contribution in [2.75, 3.05) is 0 Å². The summed E-state index contributed by atoms with van der Waals surface area (Å²) < 4.78 is 4.64. The zero-order chi connectivity index (χ0) is 45.0. The van der Waals surface area contributed by atoms with Crippen LogP contribution in [-0.2, 0) is 0 Å². The Balaban J connectivity index is 1.02. The van der Waals surface area contributed by atoms with Gasteiger partial charge in [-0.25, -0.2) is 4.98 Å². The molecule has 0 fully saturated rings. The normalized spacial score (nSPS) is 11.5. The summed E-state index contributed by atoms with van der Waals surface area (Å²) in [6.07, 6.45) is 0. The van der Waals surface area contributed by atoms with E-state index in [1.54, 1.807) is 0 Å². The SMILES string of the molecule is c1ccc(-c2ccc(-n3c4ccccc4c4ccccc43)c(-c3ccc(-c4nc(-c5ccccc5)nc(-n5c6ccccc6c6cc(-c7ccccc7)cc(-c7ccccc7)c65)n4)cc3)c2)cc1. The van der Waals surface area contributed by atoms with Crippen LogP contribution in [0.25, 0.3) is 123 Å². The fourth-order valence-corrected chi connectivity index (χ4v) is 10.0. The van der Waals surface area contributed by atoms with Gasteiger partial charge in [0, 0.05) is 43.8 Å². The van der Waals surface area contributed by atoms with Crippen molar-refractivity contribution >= 4 is 43.6 Å². The largest absolute Gasteiger partial charge is 0.309 e. The highest BCUT2D eigenvalue weighted by molar-refractivity contribution is 6.15. The lowest BCUT2D eigenvalue weighted by molar-refractivity contribution is 0.954. The lowest BCUT2D eigenvalue weighted by atomic mass is 9.95. The van der Waals surface area contributed by atoms with Gasteiger partial charge in [0.2, 0.25) is 5.95 Å². The van der Waals surface area contributed by atoms with Gasteiger partial charge in [-0.2, -0.15) is 9.97 Å². The molecule has 0 spiro atoms. The van der Waals surface area contributed by atoms with Gasteiger partial charge in [0.1, 0.15) is 0 Å². The number of benzene rings is 10. The molecule has 5 nitrogen and oxygen atoms in total. The molecule has 0 N–H and O–H groups in total. The van der Waals surface area contributed by atoms with Crippen LogP contribution in [0, 0.1) is 0 Å². The van der Waals surface area contributed by atoms with Crippen molar-refractivity contribution in [2.45, 2.75) is 0 Å². The lowest BCUT2D eigenvalue weighted by Crippen LogP contribution is -2.07. The summed E-state index contributed by atoms with van der Waals surface area (Å²) in [5.41, 5.74) is 16.4. The summed E-state index contributed by atoms with van der Waals surface area (Å²) in [6, 6.07) is 88.2. The summed E-state index contributed by atoms with van der Waals surface area (Å²) in [5.74, 6) is 1.75. The van der Waals surface area contributed by atoms with E-state index in [4.69, 9.17) is 15.0 Å². The molecule has 3 heterocycles. The van der Waals surface area contributed by atoms with E-state index in [-0.39, 0.29) is 0 Å². The van der Waals surface area contributed by atoms with E-state index in [2.05, 4.69) is 240 Å². The van der Waals surface area contributed by atoms with Crippen molar-refractivity contribution in [2.24, 2.45) is 0 Å². The highest BCUT2D eigenvalue weighted by Crippen LogP contribution is 2.42. The number of rotatable bonds is 8. The first kappa shape index (κ1) is 39.2. The highest BCUT2D eigenvalue weighted by Gasteiger charge is 2.23. The van der Waals surface area contributed by atoms with Gasteiger partial charge in [0.05, 0.1) is 27.8 Å². The van der Waals surface area contributed by atoms with E-state index in [9.17, 15) is 0 Å². The Labute approximate surface area is 393 Å². The second kappa shape index (κ2) is 16.4. The maximum Gasteiger partial charge on any atom is 0.238 e. The van der Waals surface area contributed by atoms with Crippen LogP contribution in [0.2, 0.25) is 0 Å². The van der Waals surface area contributed by atoms with Crippen LogP contribution in [0.5, 0.6) is 0 Å². The molecule has 0 bridgehead atoms. The molecule has 0 radical (unpaired) electrons. The Kier molecular flexibility index (Phi) is 9.43. The molecule has 318 valence electrons. The van der Waals surface area contributed by atoms with Crippen LogP contribution < -0.4 is 0 Å². The molecule has 0 amide bonds. The summed E-state index contributed by atoms with van der Waals surface area (Å²) in [5, 5.41) is 4.71. The van der Waals surface area contributed by atoms with Gasteiger partial charge in [-0.3, -0.25) is 4.57 Å². The summed E-state index contributed by atoms with van der Waals surface area (Å²) in [4.78, 5) is 15.9. The van der Waals surface area contributed by atoms with E-state index < -0.39 is 0 Å². The monoisotopic (exact) mass is 867 g/mol. The molecule has 0 unspecified atom stereocenters. The molecule has 10 aromatic carbocycles. The first-order valence-corrected chi connectivity index (χ1v) is 23.0. The van der Waals surface area contributed by atoms with Gasteiger partial charge >= 0.3 is 0 Å². The van der Waals surface area contributed by atoms with Crippen molar-refractivity contribution < 1.29 is 0 Å². The highest BCUT2D eigenvalue weighted by atomic mass is 15.2. The van der Waals surface area contributed by atoms with Gasteiger partial charge < -0.3 is 4.57 Å². The summed E-state index contributed by atoms with van der Waals surface area (Å²) >= 11 is 0. The molecule has 0 aliphatic carbocycles. The minimum Gasteiger partial charge on any atom is -0.309 e. The Hall–Kier alpha value is -9.19. The van der Waals surface area contributed by atoms with Crippen LogP contribution in [0.4, 0.5) is 0 Å². The summed E-state index contributed by atoms with van der Waals surface area (Å²) in [7, 11) is 0. The Morgan fingerprint density at radius 3 is 1.22 bits per heavy atom. The van der Waals surface area contributed by atoms with Gasteiger partial charge in [0.25, 0.3) is 0 Å². The molecular formula is C63H41N5. The molecule has 0 saturated carbocycles. The number of nitrogens with zero attached hydrogens (tertiary/aromatic N) is 5. The average molecular weight is 868 g/mol. The zero-order valence-electron chi connectivity index (χ0n) is 36.9. The molecule has 0 aliphatic rings. The smallest absolute Gasteiger partial charge is 0.238 e. The molecule has 0 aliphatic heterocycles. The average Bonchev–Trinajstić information content (AvgIpc) is 3.94. The maximum absolute atomic E-state index is 5.41. The van der Waals surface area contributed by atoms with E-state index in [0.717, 1.165) is 77.6 Å². The molecule has 13 rings (SSSR count). The molecule has 13 aromatic rings. The fourth-order valence-electron chi connectivity index (χ4n) is 10.0. The maximum atomic E-state index is 5.41. The third-order valence-electron chi connectivity index (χ3n) is 13.2.